The summed E-state index contributed by atoms with van der Waals surface area (Å²) in [7, 11) is 0. The molecule has 0 spiro atoms. The number of amides is 2. The number of carbonyl (C=O) groups excluding carboxylic acids is 1. The van der Waals surface area contributed by atoms with Gasteiger partial charge in [-0.3, -0.25) is 4.79 Å². The highest BCUT2D eigenvalue weighted by Crippen LogP contribution is 2.11. The highest BCUT2D eigenvalue weighted by molar-refractivity contribution is 5.80. The van der Waals surface area contributed by atoms with Crippen molar-refractivity contribution in [3.05, 3.63) is 11.6 Å². The second-order valence-corrected chi connectivity index (χ2v) is 4.00. The van der Waals surface area contributed by atoms with Crippen molar-refractivity contribution in [2.75, 3.05) is 26.2 Å². The molecule has 0 radical (unpaired) electrons. The van der Waals surface area contributed by atoms with Crippen LogP contribution >= 0.6 is 0 Å². The largest absolute Gasteiger partial charge is 0.480 e. The molecule has 0 aromatic rings. The third-order valence-corrected chi connectivity index (χ3v) is 2.48. The van der Waals surface area contributed by atoms with E-state index in [0.29, 0.717) is 13.1 Å². The van der Waals surface area contributed by atoms with Crippen LogP contribution in [0.25, 0.3) is 0 Å². The van der Waals surface area contributed by atoms with Gasteiger partial charge in [0.05, 0.1) is 6.54 Å². The summed E-state index contributed by atoms with van der Waals surface area (Å²) >= 11 is 0. The fourth-order valence-electron chi connectivity index (χ4n) is 1.74. The summed E-state index contributed by atoms with van der Waals surface area (Å²) in [5, 5.41) is 8.72. The van der Waals surface area contributed by atoms with E-state index in [1.54, 1.807) is 4.90 Å². The molecule has 0 fully saturated rings. The van der Waals surface area contributed by atoms with Crippen LogP contribution in [-0.2, 0) is 4.79 Å². The Hall–Kier alpha value is -1.96. The Morgan fingerprint density at radius 3 is 2.88 bits per heavy atom. The first-order valence-electron chi connectivity index (χ1n) is 5.39. The molecular formula is C12H16N2O3. The predicted octanol–water partition coefficient (Wildman–Crippen LogP) is 0.778. The normalized spacial score (nSPS) is 14.8. The van der Waals surface area contributed by atoms with Crippen molar-refractivity contribution in [3.63, 3.8) is 0 Å². The fourth-order valence-corrected chi connectivity index (χ4v) is 1.74. The lowest BCUT2D eigenvalue weighted by Gasteiger charge is -2.31. The number of hydrogen-bond donors (Lipinski definition) is 1. The first-order valence-corrected chi connectivity index (χ1v) is 5.39. The van der Waals surface area contributed by atoms with Crippen LogP contribution in [-0.4, -0.2) is 53.1 Å². The standard InChI is InChI=1S/C12H16N2O3/c1-3-6-13(9-11(15)16)12(17)14-7-4-5-10(2)8-14/h1,5H,4,6-9H2,2H3,(H,15,16). The van der Waals surface area contributed by atoms with Gasteiger partial charge in [-0.05, 0) is 13.3 Å². The number of hydrogen-bond acceptors (Lipinski definition) is 2. The third-order valence-electron chi connectivity index (χ3n) is 2.48. The molecule has 0 saturated heterocycles. The van der Waals surface area contributed by atoms with Crippen LogP contribution in [0, 0.1) is 12.3 Å². The van der Waals surface area contributed by atoms with E-state index in [0.717, 1.165) is 12.0 Å². The SMILES string of the molecule is C#CCN(CC(=O)O)C(=O)N1CCC=C(C)C1. The molecule has 1 heterocycles. The van der Waals surface area contributed by atoms with Gasteiger partial charge >= 0.3 is 12.0 Å². The molecule has 0 bridgehead atoms. The van der Waals surface area contributed by atoms with Crippen molar-refractivity contribution in [3.8, 4) is 12.3 Å². The molecule has 5 nitrogen and oxygen atoms in total. The van der Waals surface area contributed by atoms with Gasteiger partial charge in [-0.25, -0.2) is 4.79 Å². The zero-order valence-electron chi connectivity index (χ0n) is 9.85. The lowest BCUT2D eigenvalue weighted by molar-refractivity contribution is -0.137. The topological polar surface area (TPSA) is 60.9 Å². The summed E-state index contributed by atoms with van der Waals surface area (Å²) in [5.74, 6) is 1.25. The van der Waals surface area contributed by atoms with Gasteiger partial charge in [0, 0.05) is 13.1 Å². The second kappa shape index (κ2) is 5.94. The minimum Gasteiger partial charge on any atom is -0.480 e. The average Bonchev–Trinajstić information content (AvgIpc) is 2.27. The van der Waals surface area contributed by atoms with E-state index >= 15 is 0 Å². The number of aliphatic carboxylic acids is 1. The first kappa shape index (κ1) is 13.1. The number of rotatable bonds is 3. The zero-order chi connectivity index (χ0) is 12.8. The molecule has 0 unspecified atom stereocenters. The molecule has 17 heavy (non-hydrogen) atoms. The van der Waals surface area contributed by atoms with E-state index in [2.05, 4.69) is 12.0 Å². The molecule has 2 amide bonds. The van der Waals surface area contributed by atoms with Crippen LogP contribution in [0.3, 0.4) is 0 Å². The van der Waals surface area contributed by atoms with Crippen molar-refractivity contribution in [1.82, 2.24) is 9.80 Å². The van der Waals surface area contributed by atoms with Gasteiger partial charge in [0.25, 0.3) is 0 Å². The molecule has 0 aromatic heterocycles. The van der Waals surface area contributed by atoms with Gasteiger partial charge in [0.1, 0.15) is 6.54 Å². The molecule has 0 aliphatic carbocycles. The van der Waals surface area contributed by atoms with Crippen molar-refractivity contribution in [2.45, 2.75) is 13.3 Å². The quantitative estimate of drug-likeness (QED) is 0.582. The Kier molecular flexibility index (Phi) is 4.58. The fraction of sp³-hybridized carbons (Fsp3) is 0.500. The number of nitrogens with zero attached hydrogens (tertiary/aromatic N) is 2. The highest BCUT2D eigenvalue weighted by Gasteiger charge is 2.23. The average molecular weight is 236 g/mol. The van der Waals surface area contributed by atoms with Crippen molar-refractivity contribution >= 4 is 12.0 Å². The Labute approximate surface area is 101 Å². The van der Waals surface area contributed by atoms with E-state index in [9.17, 15) is 9.59 Å². The van der Waals surface area contributed by atoms with Gasteiger partial charge < -0.3 is 14.9 Å². The van der Waals surface area contributed by atoms with E-state index in [-0.39, 0.29) is 19.1 Å². The molecule has 0 saturated carbocycles. The lowest BCUT2D eigenvalue weighted by atomic mass is 10.1. The van der Waals surface area contributed by atoms with Gasteiger partial charge in [0.15, 0.2) is 0 Å². The van der Waals surface area contributed by atoms with E-state index in [1.165, 1.54) is 4.90 Å². The van der Waals surface area contributed by atoms with Crippen LogP contribution in [0.1, 0.15) is 13.3 Å². The van der Waals surface area contributed by atoms with E-state index in [4.69, 9.17) is 11.5 Å². The van der Waals surface area contributed by atoms with Crippen molar-refractivity contribution < 1.29 is 14.7 Å². The van der Waals surface area contributed by atoms with Gasteiger partial charge in [-0.15, -0.1) is 6.42 Å². The van der Waals surface area contributed by atoms with Gasteiger partial charge in [-0.2, -0.15) is 0 Å². The highest BCUT2D eigenvalue weighted by atomic mass is 16.4. The minimum absolute atomic E-state index is 0.0182. The lowest BCUT2D eigenvalue weighted by Crippen LogP contribution is -2.47. The first-order chi connectivity index (χ1) is 8.04. The van der Waals surface area contributed by atoms with Gasteiger partial charge in [0.2, 0.25) is 0 Å². The molecule has 0 aromatic carbocycles. The Balaban J connectivity index is 2.67. The molecule has 1 rings (SSSR count). The van der Waals surface area contributed by atoms with Gasteiger partial charge in [-0.1, -0.05) is 17.6 Å². The van der Waals surface area contributed by atoms with Crippen LogP contribution < -0.4 is 0 Å². The summed E-state index contributed by atoms with van der Waals surface area (Å²) in [6.07, 6.45) is 8.01. The molecule has 0 atom stereocenters. The Morgan fingerprint density at radius 2 is 2.35 bits per heavy atom. The van der Waals surface area contributed by atoms with Crippen LogP contribution in [0.2, 0.25) is 0 Å². The number of carbonyl (C=O) groups is 2. The van der Waals surface area contributed by atoms with E-state index in [1.807, 2.05) is 6.92 Å². The molecule has 1 N–H and O–H groups in total. The summed E-state index contributed by atoms with van der Waals surface area (Å²) in [6.45, 7) is 2.76. The van der Waals surface area contributed by atoms with Crippen LogP contribution in [0.15, 0.2) is 11.6 Å². The molecular weight excluding hydrogens is 220 g/mol. The Bertz CT molecular complexity index is 382. The maximum atomic E-state index is 12.0. The smallest absolute Gasteiger partial charge is 0.323 e. The Morgan fingerprint density at radius 1 is 1.65 bits per heavy atom. The number of carboxylic acid groups (broad SMARTS) is 1. The maximum absolute atomic E-state index is 12.0. The van der Waals surface area contributed by atoms with Crippen molar-refractivity contribution in [2.24, 2.45) is 0 Å². The number of carboxylic acids is 1. The monoisotopic (exact) mass is 236 g/mol. The molecule has 92 valence electrons. The molecule has 1 aliphatic rings. The van der Waals surface area contributed by atoms with Crippen molar-refractivity contribution in [1.29, 1.82) is 0 Å². The summed E-state index contributed by atoms with van der Waals surface area (Å²) in [6, 6.07) is -0.308. The number of urea groups is 1. The van der Waals surface area contributed by atoms with Crippen LogP contribution in [0.4, 0.5) is 4.79 Å². The minimum atomic E-state index is -1.06. The molecule has 5 heteroatoms. The summed E-state index contributed by atoms with van der Waals surface area (Å²) in [4.78, 5) is 25.5. The van der Waals surface area contributed by atoms with E-state index < -0.39 is 5.97 Å². The zero-order valence-corrected chi connectivity index (χ0v) is 9.85. The summed E-state index contributed by atoms with van der Waals surface area (Å²) < 4.78 is 0. The predicted molar refractivity (Wildman–Crippen MR) is 63.4 cm³/mol. The third kappa shape index (κ3) is 3.83. The van der Waals surface area contributed by atoms with Crippen LogP contribution in [0.5, 0.6) is 0 Å². The maximum Gasteiger partial charge on any atom is 0.323 e. The number of terminal acetylenes is 1. The molecule has 1 aliphatic heterocycles. The second-order valence-electron chi connectivity index (χ2n) is 4.00. The summed E-state index contributed by atoms with van der Waals surface area (Å²) in [5.41, 5.74) is 1.11.